The SMILES string of the molecule is c1ccc(-n2c3ccc4ccccc4c3c3c4ccccc4c(-c4ccc(-c5cccc6c5ccc5cc7ccccc7cc56)cc4)cc32)cc1. The van der Waals surface area contributed by atoms with Crippen LogP contribution in [0.5, 0.6) is 0 Å². The molecule has 0 aliphatic rings. The van der Waals surface area contributed by atoms with Crippen LogP contribution in [-0.2, 0) is 0 Å². The molecule has 0 radical (unpaired) electrons. The van der Waals surface area contributed by atoms with E-state index in [0.717, 1.165) is 0 Å². The van der Waals surface area contributed by atoms with Crippen LogP contribution in [-0.4, -0.2) is 4.57 Å². The number of nitrogens with zero attached hydrogens (tertiary/aromatic N) is 1. The van der Waals surface area contributed by atoms with Crippen molar-refractivity contribution in [2.45, 2.75) is 0 Å². The van der Waals surface area contributed by atoms with Gasteiger partial charge >= 0.3 is 0 Å². The average molecular weight is 646 g/mol. The molecular formula is C50H31N. The Morgan fingerprint density at radius 1 is 0.275 bits per heavy atom. The van der Waals surface area contributed by atoms with E-state index in [1.807, 2.05) is 0 Å². The average Bonchev–Trinajstić information content (AvgIpc) is 3.55. The van der Waals surface area contributed by atoms with E-state index in [4.69, 9.17) is 0 Å². The fraction of sp³-hybridized carbons (Fsp3) is 0. The van der Waals surface area contributed by atoms with Gasteiger partial charge in [0.1, 0.15) is 0 Å². The first-order valence-corrected chi connectivity index (χ1v) is 17.7. The van der Waals surface area contributed by atoms with Gasteiger partial charge in [0.25, 0.3) is 0 Å². The zero-order valence-corrected chi connectivity index (χ0v) is 27.8. The molecule has 0 aliphatic carbocycles. The van der Waals surface area contributed by atoms with Crippen molar-refractivity contribution < 1.29 is 0 Å². The minimum absolute atomic E-state index is 1.17. The Morgan fingerprint density at radius 2 is 0.863 bits per heavy atom. The van der Waals surface area contributed by atoms with Crippen molar-refractivity contribution in [3.8, 4) is 27.9 Å². The quantitative estimate of drug-likeness (QED) is 0.133. The Bertz CT molecular complexity index is 3170. The van der Waals surface area contributed by atoms with Crippen LogP contribution in [0, 0.1) is 0 Å². The highest BCUT2D eigenvalue weighted by atomic mass is 15.0. The molecule has 0 bridgehead atoms. The van der Waals surface area contributed by atoms with Gasteiger partial charge in [0, 0.05) is 16.5 Å². The smallest absolute Gasteiger partial charge is 0.0553 e. The summed E-state index contributed by atoms with van der Waals surface area (Å²) in [5.74, 6) is 0. The van der Waals surface area contributed by atoms with Gasteiger partial charge in [0.05, 0.1) is 11.0 Å². The summed E-state index contributed by atoms with van der Waals surface area (Å²) < 4.78 is 2.45. The van der Waals surface area contributed by atoms with Gasteiger partial charge < -0.3 is 4.57 Å². The molecule has 1 heterocycles. The lowest BCUT2D eigenvalue weighted by atomic mass is 9.91. The Morgan fingerprint density at radius 3 is 1.67 bits per heavy atom. The predicted molar refractivity (Wildman–Crippen MR) is 219 cm³/mol. The van der Waals surface area contributed by atoms with E-state index in [-0.39, 0.29) is 0 Å². The van der Waals surface area contributed by atoms with Crippen molar-refractivity contribution in [1.82, 2.24) is 4.57 Å². The normalized spacial score (nSPS) is 11.9. The number of benzene rings is 10. The van der Waals surface area contributed by atoms with E-state index in [9.17, 15) is 0 Å². The molecule has 1 aromatic heterocycles. The molecule has 0 aliphatic heterocycles. The van der Waals surface area contributed by atoms with Crippen LogP contribution < -0.4 is 0 Å². The molecule has 0 saturated carbocycles. The molecule has 51 heavy (non-hydrogen) atoms. The number of rotatable bonds is 3. The number of hydrogen-bond acceptors (Lipinski definition) is 0. The first-order chi connectivity index (χ1) is 25.3. The third-order valence-electron chi connectivity index (χ3n) is 10.9. The molecular weight excluding hydrogens is 615 g/mol. The number of aromatic nitrogens is 1. The zero-order chi connectivity index (χ0) is 33.5. The molecule has 0 spiro atoms. The van der Waals surface area contributed by atoms with Crippen LogP contribution in [0.15, 0.2) is 188 Å². The number of hydrogen-bond donors (Lipinski definition) is 0. The molecule has 11 aromatic rings. The van der Waals surface area contributed by atoms with Crippen LogP contribution in [0.25, 0.3) is 104 Å². The molecule has 0 atom stereocenters. The van der Waals surface area contributed by atoms with Crippen LogP contribution in [0.4, 0.5) is 0 Å². The zero-order valence-electron chi connectivity index (χ0n) is 27.8. The fourth-order valence-electron chi connectivity index (χ4n) is 8.60. The maximum Gasteiger partial charge on any atom is 0.0553 e. The second-order valence-corrected chi connectivity index (χ2v) is 13.7. The molecule has 0 fully saturated rings. The predicted octanol–water partition coefficient (Wildman–Crippen LogP) is 13.9. The van der Waals surface area contributed by atoms with E-state index in [0.29, 0.717) is 0 Å². The molecule has 0 unspecified atom stereocenters. The first-order valence-electron chi connectivity index (χ1n) is 17.7. The molecule has 1 heteroatoms. The van der Waals surface area contributed by atoms with E-state index in [2.05, 4.69) is 193 Å². The third-order valence-corrected chi connectivity index (χ3v) is 10.9. The van der Waals surface area contributed by atoms with Crippen LogP contribution in [0.3, 0.4) is 0 Å². The second kappa shape index (κ2) is 10.9. The molecule has 0 amide bonds. The van der Waals surface area contributed by atoms with Gasteiger partial charge in [0.15, 0.2) is 0 Å². The van der Waals surface area contributed by atoms with Crippen molar-refractivity contribution in [2.24, 2.45) is 0 Å². The lowest BCUT2D eigenvalue weighted by Gasteiger charge is -2.14. The largest absolute Gasteiger partial charge is 0.309 e. The summed E-state index contributed by atoms with van der Waals surface area (Å²) in [5, 5.41) is 15.4. The first kappa shape index (κ1) is 28.2. The minimum Gasteiger partial charge on any atom is -0.309 e. The van der Waals surface area contributed by atoms with Crippen molar-refractivity contribution >= 4 is 75.7 Å². The molecule has 1 nitrogen and oxygen atoms in total. The number of fused-ring (bicyclic) bond motifs is 11. The third kappa shape index (κ3) is 4.22. The Kier molecular flexibility index (Phi) is 6.02. The van der Waals surface area contributed by atoms with Crippen molar-refractivity contribution in [3.05, 3.63) is 188 Å². The van der Waals surface area contributed by atoms with Crippen molar-refractivity contribution in [1.29, 1.82) is 0 Å². The summed E-state index contributed by atoms with van der Waals surface area (Å²) in [7, 11) is 0. The number of para-hydroxylation sites is 1. The van der Waals surface area contributed by atoms with E-state index in [1.165, 1.54) is 104 Å². The molecule has 236 valence electrons. The minimum atomic E-state index is 1.17. The summed E-state index contributed by atoms with van der Waals surface area (Å²) in [6.45, 7) is 0. The Labute approximate surface area is 295 Å². The monoisotopic (exact) mass is 645 g/mol. The van der Waals surface area contributed by atoms with Gasteiger partial charge in [-0.15, -0.1) is 0 Å². The lowest BCUT2D eigenvalue weighted by molar-refractivity contribution is 1.18. The van der Waals surface area contributed by atoms with Gasteiger partial charge in [-0.1, -0.05) is 152 Å². The Balaban J connectivity index is 1.13. The van der Waals surface area contributed by atoms with E-state index < -0.39 is 0 Å². The topological polar surface area (TPSA) is 4.93 Å². The Hall–Kier alpha value is -6.70. The van der Waals surface area contributed by atoms with Gasteiger partial charge in [-0.25, -0.2) is 0 Å². The highest BCUT2D eigenvalue weighted by Crippen LogP contribution is 2.44. The van der Waals surface area contributed by atoms with E-state index in [1.54, 1.807) is 0 Å². The van der Waals surface area contributed by atoms with E-state index >= 15 is 0 Å². The highest BCUT2D eigenvalue weighted by Gasteiger charge is 2.20. The molecule has 0 N–H and O–H groups in total. The molecule has 10 aromatic carbocycles. The van der Waals surface area contributed by atoms with Crippen molar-refractivity contribution in [2.75, 3.05) is 0 Å². The lowest BCUT2D eigenvalue weighted by Crippen LogP contribution is -1.94. The summed E-state index contributed by atoms with van der Waals surface area (Å²) in [4.78, 5) is 0. The highest BCUT2D eigenvalue weighted by molar-refractivity contribution is 6.30. The second-order valence-electron chi connectivity index (χ2n) is 13.7. The van der Waals surface area contributed by atoms with Crippen LogP contribution >= 0.6 is 0 Å². The van der Waals surface area contributed by atoms with Crippen LogP contribution in [0.2, 0.25) is 0 Å². The van der Waals surface area contributed by atoms with Crippen LogP contribution in [0.1, 0.15) is 0 Å². The fourth-order valence-corrected chi connectivity index (χ4v) is 8.60. The maximum absolute atomic E-state index is 2.45. The van der Waals surface area contributed by atoms with Gasteiger partial charge in [-0.05, 0) is 113 Å². The summed E-state index contributed by atoms with van der Waals surface area (Å²) in [6, 6.07) is 69.3. The summed E-state index contributed by atoms with van der Waals surface area (Å²) in [6.07, 6.45) is 0. The molecule has 11 rings (SSSR count). The summed E-state index contributed by atoms with van der Waals surface area (Å²) >= 11 is 0. The van der Waals surface area contributed by atoms with Gasteiger partial charge in [0.2, 0.25) is 0 Å². The van der Waals surface area contributed by atoms with Crippen molar-refractivity contribution in [3.63, 3.8) is 0 Å². The van der Waals surface area contributed by atoms with Gasteiger partial charge in [-0.3, -0.25) is 0 Å². The molecule has 0 saturated heterocycles. The summed E-state index contributed by atoms with van der Waals surface area (Å²) in [5.41, 5.74) is 8.54. The maximum atomic E-state index is 2.45. The van der Waals surface area contributed by atoms with Gasteiger partial charge in [-0.2, -0.15) is 0 Å². The standard InChI is InChI=1S/C50H31N/c1-2-14-38(15-3-1)51-47-28-26-32-11-6-7-16-40(32)49(47)50-44-18-9-8-17-42(44)46(31-48(50)51)34-23-21-33(22-24-34)39-19-10-20-41-43(39)27-25-37-29-35-12-4-5-13-36(35)30-45(37)41/h1-31H.